The summed E-state index contributed by atoms with van der Waals surface area (Å²) in [6.45, 7) is 1.64. The van der Waals surface area contributed by atoms with E-state index in [-0.39, 0.29) is 10.7 Å². The Bertz CT molecular complexity index is 736. The minimum absolute atomic E-state index is 0.0316. The molecular formula is C11H12N4O4S. The van der Waals surface area contributed by atoms with Crippen molar-refractivity contribution < 1.29 is 13.3 Å². The lowest BCUT2D eigenvalue weighted by Gasteiger charge is -2.17. The zero-order valence-electron chi connectivity index (χ0n) is 10.8. The van der Waals surface area contributed by atoms with E-state index in [0.717, 1.165) is 4.31 Å². The first kappa shape index (κ1) is 14.0. The SMILES string of the molecule is Cc1ncc(S(=O)(=O)N(C)c2ccc([N+](=O)[O-])cc2)[nH]1. The van der Waals surface area contributed by atoms with Gasteiger partial charge in [0, 0.05) is 19.2 Å². The molecule has 0 amide bonds. The topological polar surface area (TPSA) is 109 Å². The zero-order chi connectivity index (χ0) is 14.9. The molecule has 1 heterocycles. The molecule has 0 fully saturated rings. The second-order valence-corrected chi connectivity index (χ2v) is 6.02. The lowest BCUT2D eigenvalue weighted by atomic mass is 10.3. The molecule has 0 saturated carbocycles. The van der Waals surface area contributed by atoms with E-state index in [1.807, 2.05) is 0 Å². The normalized spacial score (nSPS) is 11.3. The number of imidazole rings is 1. The van der Waals surface area contributed by atoms with Crippen LogP contribution in [0.25, 0.3) is 0 Å². The van der Waals surface area contributed by atoms with Gasteiger partial charge in [0.25, 0.3) is 15.7 Å². The quantitative estimate of drug-likeness (QED) is 0.678. The van der Waals surface area contributed by atoms with Gasteiger partial charge in [0.05, 0.1) is 16.8 Å². The maximum Gasteiger partial charge on any atom is 0.281 e. The van der Waals surface area contributed by atoms with E-state index in [2.05, 4.69) is 9.97 Å². The summed E-state index contributed by atoms with van der Waals surface area (Å²) in [6, 6.07) is 5.25. The van der Waals surface area contributed by atoms with E-state index in [9.17, 15) is 18.5 Å². The Morgan fingerprint density at radius 3 is 2.35 bits per heavy atom. The standard InChI is InChI=1S/C11H12N4O4S/c1-8-12-7-11(13-8)20(18,19)14(2)9-3-5-10(6-4-9)15(16)17/h3-7H,1-2H3,(H,12,13). The first-order chi connectivity index (χ1) is 9.32. The Kier molecular flexibility index (Phi) is 3.45. The van der Waals surface area contributed by atoms with Crippen LogP contribution in [0.5, 0.6) is 0 Å². The number of H-pyrrole nitrogens is 1. The van der Waals surface area contributed by atoms with Crippen LogP contribution < -0.4 is 4.31 Å². The summed E-state index contributed by atoms with van der Waals surface area (Å²) in [5.41, 5.74) is 0.222. The van der Waals surface area contributed by atoms with Crippen LogP contribution in [-0.4, -0.2) is 30.4 Å². The van der Waals surface area contributed by atoms with Crippen molar-refractivity contribution in [3.8, 4) is 0 Å². The Morgan fingerprint density at radius 1 is 1.30 bits per heavy atom. The van der Waals surface area contributed by atoms with Crippen LogP contribution in [0.3, 0.4) is 0 Å². The number of aromatic nitrogens is 2. The number of aryl methyl sites for hydroxylation is 1. The number of aromatic amines is 1. The van der Waals surface area contributed by atoms with E-state index in [4.69, 9.17) is 0 Å². The number of non-ortho nitro benzene ring substituents is 1. The molecule has 0 aliphatic heterocycles. The van der Waals surface area contributed by atoms with Gasteiger partial charge in [-0.25, -0.2) is 4.98 Å². The Labute approximate surface area is 115 Å². The monoisotopic (exact) mass is 296 g/mol. The van der Waals surface area contributed by atoms with Crippen LogP contribution in [0.2, 0.25) is 0 Å². The van der Waals surface area contributed by atoms with Crippen LogP contribution in [0.4, 0.5) is 11.4 Å². The van der Waals surface area contributed by atoms with E-state index >= 15 is 0 Å². The highest BCUT2D eigenvalue weighted by atomic mass is 32.2. The van der Waals surface area contributed by atoms with Gasteiger partial charge in [-0.15, -0.1) is 0 Å². The molecule has 0 radical (unpaired) electrons. The number of nitro groups is 1. The molecule has 1 aromatic heterocycles. The number of sulfonamides is 1. The summed E-state index contributed by atoms with van der Waals surface area (Å²) in [7, 11) is -2.39. The average molecular weight is 296 g/mol. The molecule has 0 saturated heterocycles. The summed E-state index contributed by atoms with van der Waals surface area (Å²) < 4.78 is 25.6. The van der Waals surface area contributed by atoms with Crippen molar-refractivity contribution >= 4 is 21.4 Å². The van der Waals surface area contributed by atoms with Crippen molar-refractivity contribution in [2.24, 2.45) is 0 Å². The van der Waals surface area contributed by atoms with Gasteiger partial charge < -0.3 is 4.98 Å². The van der Waals surface area contributed by atoms with E-state index in [1.54, 1.807) is 6.92 Å². The number of benzene rings is 1. The minimum Gasteiger partial charge on any atom is -0.332 e. The molecule has 0 atom stereocenters. The second-order valence-electron chi connectivity index (χ2n) is 4.08. The van der Waals surface area contributed by atoms with Crippen LogP contribution >= 0.6 is 0 Å². The number of anilines is 1. The average Bonchev–Trinajstić information content (AvgIpc) is 2.85. The van der Waals surface area contributed by atoms with Gasteiger partial charge >= 0.3 is 0 Å². The summed E-state index contributed by atoms with van der Waals surface area (Å²) >= 11 is 0. The summed E-state index contributed by atoms with van der Waals surface area (Å²) in [4.78, 5) is 16.5. The summed E-state index contributed by atoms with van der Waals surface area (Å²) in [5.74, 6) is 0.487. The molecule has 0 aliphatic carbocycles. The molecular weight excluding hydrogens is 284 g/mol. The highest BCUT2D eigenvalue weighted by Gasteiger charge is 2.23. The molecule has 1 N–H and O–H groups in total. The Balaban J connectivity index is 2.35. The first-order valence-corrected chi connectivity index (χ1v) is 7.01. The lowest BCUT2D eigenvalue weighted by molar-refractivity contribution is -0.384. The number of hydrogen-bond acceptors (Lipinski definition) is 5. The second kappa shape index (κ2) is 4.93. The van der Waals surface area contributed by atoms with Crippen molar-refractivity contribution in [3.05, 3.63) is 46.4 Å². The third-order valence-electron chi connectivity index (χ3n) is 2.74. The van der Waals surface area contributed by atoms with Gasteiger partial charge in [0.1, 0.15) is 5.82 Å². The van der Waals surface area contributed by atoms with Gasteiger partial charge in [-0.2, -0.15) is 8.42 Å². The number of nitrogens with zero attached hydrogens (tertiary/aromatic N) is 3. The van der Waals surface area contributed by atoms with Gasteiger partial charge in [-0.05, 0) is 19.1 Å². The van der Waals surface area contributed by atoms with E-state index < -0.39 is 14.9 Å². The van der Waals surface area contributed by atoms with E-state index in [1.165, 1.54) is 37.5 Å². The highest BCUT2D eigenvalue weighted by Crippen LogP contribution is 2.23. The predicted molar refractivity (Wildman–Crippen MR) is 72.0 cm³/mol. The number of rotatable bonds is 4. The first-order valence-electron chi connectivity index (χ1n) is 5.57. The molecule has 1 aromatic carbocycles. The molecule has 0 bridgehead atoms. The lowest BCUT2D eigenvalue weighted by Crippen LogP contribution is -2.26. The Hall–Kier alpha value is -2.42. The summed E-state index contributed by atoms with van der Waals surface area (Å²) in [6.07, 6.45) is 1.23. The van der Waals surface area contributed by atoms with Crippen molar-refractivity contribution in [2.45, 2.75) is 11.9 Å². The fourth-order valence-electron chi connectivity index (χ4n) is 1.60. The fraction of sp³-hybridized carbons (Fsp3) is 0.182. The maximum atomic E-state index is 12.3. The minimum atomic E-state index is -3.76. The third kappa shape index (κ3) is 2.48. The number of nitrogens with one attached hydrogen (secondary N) is 1. The van der Waals surface area contributed by atoms with Crippen LogP contribution in [0.1, 0.15) is 5.82 Å². The van der Waals surface area contributed by atoms with Gasteiger partial charge in [-0.3, -0.25) is 14.4 Å². The molecule has 2 rings (SSSR count). The third-order valence-corrected chi connectivity index (χ3v) is 4.44. The smallest absolute Gasteiger partial charge is 0.281 e. The molecule has 0 spiro atoms. The molecule has 0 unspecified atom stereocenters. The Morgan fingerprint density at radius 2 is 1.90 bits per heavy atom. The molecule has 106 valence electrons. The maximum absolute atomic E-state index is 12.3. The van der Waals surface area contributed by atoms with E-state index in [0.29, 0.717) is 11.5 Å². The van der Waals surface area contributed by atoms with Gasteiger partial charge in [0.15, 0.2) is 5.03 Å². The molecule has 20 heavy (non-hydrogen) atoms. The largest absolute Gasteiger partial charge is 0.332 e. The van der Waals surface area contributed by atoms with Crippen molar-refractivity contribution in [1.82, 2.24) is 9.97 Å². The number of hydrogen-bond donors (Lipinski definition) is 1. The number of nitro benzene ring substituents is 1. The van der Waals surface area contributed by atoms with Crippen LogP contribution in [-0.2, 0) is 10.0 Å². The highest BCUT2D eigenvalue weighted by molar-refractivity contribution is 7.92. The molecule has 0 aliphatic rings. The molecule has 8 nitrogen and oxygen atoms in total. The van der Waals surface area contributed by atoms with Crippen molar-refractivity contribution in [1.29, 1.82) is 0 Å². The molecule has 9 heteroatoms. The van der Waals surface area contributed by atoms with Crippen LogP contribution in [0, 0.1) is 17.0 Å². The summed E-state index contributed by atoms with van der Waals surface area (Å²) in [5, 5.41) is 10.5. The fourth-order valence-corrected chi connectivity index (χ4v) is 2.76. The van der Waals surface area contributed by atoms with Crippen molar-refractivity contribution in [2.75, 3.05) is 11.4 Å². The molecule has 2 aromatic rings. The van der Waals surface area contributed by atoms with Crippen LogP contribution in [0.15, 0.2) is 35.5 Å². The predicted octanol–water partition coefficient (Wildman–Crippen LogP) is 1.45. The van der Waals surface area contributed by atoms with Crippen molar-refractivity contribution in [3.63, 3.8) is 0 Å². The van der Waals surface area contributed by atoms with Gasteiger partial charge in [0.2, 0.25) is 0 Å². The van der Waals surface area contributed by atoms with Gasteiger partial charge in [-0.1, -0.05) is 0 Å². The zero-order valence-corrected chi connectivity index (χ0v) is 11.6.